The zero-order chi connectivity index (χ0) is 39.4. The van der Waals surface area contributed by atoms with Gasteiger partial charge in [0.1, 0.15) is 30.2 Å². The lowest BCUT2D eigenvalue weighted by molar-refractivity contribution is -0.147. The Morgan fingerprint density at radius 1 is 0.852 bits per heavy atom. The molecule has 0 bridgehead atoms. The molecule has 5 amide bonds. The summed E-state index contributed by atoms with van der Waals surface area (Å²) in [6, 6.07) is 11.0. The molecule has 1 fully saturated rings. The molecule has 15 heteroatoms. The normalized spacial score (nSPS) is 17.6. The van der Waals surface area contributed by atoms with Gasteiger partial charge in [-0.05, 0) is 54.2 Å². The maximum Gasteiger partial charge on any atom is 0.326 e. The second kappa shape index (κ2) is 19.6. The highest BCUT2D eigenvalue weighted by Gasteiger charge is 2.41. The molecule has 9 N–H and O–H groups in total. The van der Waals surface area contributed by atoms with Crippen molar-refractivity contribution in [2.75, 3.05) is 6.54 Å². The Morgan fingerprint density at radius 3 is 2.11 bits per heavy atom. The third-order valence-corrected chi connectivity index (χ3v) is 10.1. The number of hydrogen-bond donors (Lipinski definition) is 7. The Labute approximate surface area is 316 Å². The van der Waals surface area contributed by atoms with Crippen molar-refractivity contribution >= 4 is 41.5 Å². The molecule has 15 nitrogen and oxygen atoms in total. The third-order valence-electron chi connectivity index (χ3n) is 10.1. The van der Waals surface area contributed by atoms with Crippen molar-refractivity contribution in [1.82, 2.24) is 26.2 Å². The predicted molar refractivity (Wildman–Crippen MR) is 202 cm³/mol. The second-order valence-electron chi connectivity index (χ2n) is 14.5. The molecule has 54 heavy (non-hydrogen) atoms. The van der Waals surface area contributed by atoms with Crippen LogP contribution in [0.15, 0.2) is 59.6 Å². The maximum atomic E-state index is 14.7. The number of hydrogen-bond acceptors (Lipinski definition) is 7. The quantitative estimate of drug-likeness (QED) is 0.0697. The highest BCUT2D eigenvalue weighted by Crippen LogP contribution is 2.29. The molecule has 1 aliphatic carbocycles. The number of nitrogens with two attached hydrogens (primary N) is 2. The van der Waals surface area contributed by atoms with Crippen LogP contribution >= 0.6 is 0 Å². The van der Waals surface area contributed by atoms with Crippen molar-refractivity contribution in [1.29, 1.82) is 0 Å². The molecule has 4 rings (SSSR count). The monoisotopic (exact) mass is 746 g/mol. The van der Waals surface area contributed by atoms with Crippen LogP contribution in [0.25, 0.3) is 0 Å². The molecule has 1 saturated carbocycles. The Bertz CT molecular complexity index is 1670. The first-order chi connectivity index (χ1) is 25.7. The van der Waals surface area contributed by atoms with Crippen LogP contribution in [0.3, 0.4) is 0 Å². The van der Waals surface area contributed by atoms with Crippen molar-refractivity contribution in [2.45, 2.75) is 109 Å². The summed E-state index contributed by atoms with van der Waals surface area (Å²) >= 11 is 0. The Morgan fingerprint density at radius 2 is 1.50 bits per heavy atom. The summed E-state index contributed by atoms with van der Waals surface area (Å²) < 4.78 is 0. The van der Waals surface area contributed by atoms with E-state index in [2.05, 4.69) is 26.3 Å². The van der Waals surface area contributed by atoms with Crippen molar-refractivity contribution in [3.05, 3.63) is 71.3 Å². The predicted octanol–water partition coefficient (Wildman–Crippen LogP) is 1.13. The second-order valence-corrected chi connectivity index (χ2v) is 14.5. The van der Waals surface area contributed by atoms with Crippen molar-refractivity contribution < 1.29 is 33.9 Å². The van der Waals surface area contributed by atoms with Gasteiger partial charge < -0.3 is 42.7 Å². The molecular weight excluding hydrogens is 692 g/mol. The highest BCUT2D eigenvalue weighted by atomic mass is 16.4. The van der Waals surface area contributed by atoms with E-state index in [1.165, 1.54) is 11.8 Å². The topological polar surface area (TPSA) is 238 Å². The summed E-state index contributed by atoms with van der Waals surface area (Å²) in [5.74, 6) is -4.44. The number of benzene rings is 2. The summed E-state index contributed by atoms with van der Waals surface area (Å²) in [6.07, 6.45) is 3.68. The first kappa shape index (κ1) is 41.3. The van der Waals surface area contributed by atoms with Crippen LogP contribution in [-0.2, 0) is 48.2 Å². The molecule has 5 atom stereocenters. The number of rotatable bonds is 17. The van der Waals surface area contributed by atoms with Gasteiger partial charge in [0.25, 0.3) is 0 Å². The number of guanidine groups is 1. The van der Waals surface area contributed by atoms with Gasteiger partial charge in [0, 0.05) is 32.9 Å². The van der Waals surface area contributed by atoms with Crippen molar-refractivity contribution in [3.63, 3.8) is 0 Å². The fraction of sp³-hybridized carbons (Fsp3) is 0.513. The Balaban J connectivity index is 1.63. The molecular formula is C39H54N8O7. The average Bonchev–Trinajstić information content (AvgIpc) is 3.67. The molecule has 0 radical (unpaired) electrons. The lowest BCUT2D eigenvalue weighted by Crippen LogP contribution is -2.62. The van der Waals surface area contributed by atoms with Gasteiger partial charge in [-0.15, -0.1) is 0 Å². The van der Waals surface area contributed by atoms with Gasteiger partial charge in [0.2, 0.25) is 29.5 Å². The smallest absolute Gasteiger partial charge is 0.326 e. The van der Waals surface area contributed by atoms with Gasteiger partial charge in [-0.1, -0.05) is 81.3 Å². The number of nitrogens with one attached hydrogen (secondary N) is 4. The van der Waals surface area contributed by atoms with E-state index in [-0.39, 0.29) is 56.1 Å². The van der Waals surface area contributed by atoms with Crippen LogP contribution in [0.2, 0.25) is 0 Å². The van der Waals surface area contributed by atoms with E-state index in [9.17, 15) is 33.9 Å². The van der Waals surface area contributed by atoms with E-state index >= 15 is 0 Å². The van der Waals surface area contributed by atoms with Crippen molar-refractivity contribution in [3.8, 4) is 0 Å². The summed E-state index contributed by atoms with van der Waals surface area (Å²) in [5.41, 5.74) is 13.4. The molecule has 0 spiro atoms. The van der Waals surface area contributed by atoms with Crippen LogP contribution in [0.1, 0.15) is 76.0 Å². The highest BCUT2D eigenvalue weighted by molar-refractivity contribution is 5.96. The van der Waals surface area contributed by atoms with Gasteiger partial charge >= 0.3 is 5.97 Å². The van der Waals surface area contributed by atoms with E-state index in [0.29, 0.717) is 19.3 Å². The Hall–Kier alpha value is -5.47. The number of carboxylic acids is 1. The zero-order valence-corrected chi connectivity index (χ0v) is 31.3. The first-order valence-corrected chi connectivity index (χ1v) is 18.6. The molecule has 292 valence electrons. The number of carbonyl (C=O) groups is 6. The van der Waals surface area contributed by atoms with E-state index in [4.69, 9.17) is 11.5 Å². The summed E-state index contributed by atoms with van der Waals surface area (Å²) in [7, 11) is 0. The summed E-state index contributed by atoms with van der Waals surface area (Å²) in [4.78, 5) is 86.1. The molecule has 1 heterocycles. The molecule has 2 aromatic carbocycles. The molecule has 1 aliphatic heterocycles. The minimum atomic E-state index is -1.26. The summed E-state index contributed by atoms with van der Waals surface area (Å²) in [6.45, 7) is 5.11. The van der Waals surface area contributed by atoms with Crippen LogP contribution in [-0.4, -0.2) is 88.2 Å². The van der Waals surface area contributed by atoms with Crippen molar-refractivity contribution in [2.24, 2.45) is 28.3 Å². The minimum Gasteiger partial charge on any atom is -0.480 e. The fourth-order valence-corrected chi connectivity index (χ4v) is 7.21. The van der Waals surface area contributed by atoms with Crippen LogP contribution in [0, 0.1) is 11.8 Å². The third kappa shape index (κ3) is 11.5. The fourth-order valence-electron chi connectivity index (χ4n) is 7.21. The van der Waals surface area contributed by atoms with Gasteiger partial charge in [0.05, 0.1) is 0 Å². The Kier molecular flexibility index (Phi) is 15.0. The number of aliphatic imine (C=N–C) groups is 1. The zero-order valence-electron chi connectivity index (χ0n) is 31.3. The van der Waals surface area contributed by atoms with E-state index < -0.39 is 59.8 Å². The van der Waals surface area contributed by atoms with E-state index in [1.807, 2.05) is 30.3 Å². The summed E-state index contributed by atoms with van der Waals surface area (Å²) in [5, 5.41) is 21.2. The first-order valence-electron chi connectivity index (χ1n) is 18.6. The van der Waals surface area contributed by atoms with Gasteiger partial charge in [0.15, 0.2) is 5.96 Å². The maximum absolute atomic E-state index is 14.7. The van der Waals surface area contributed by atoms with Gasteiger partial charge in [-0.25, -0.2) is 4.79 Å². The number of aliphatic carboxylic acids is 1. The van der Waals surface area contributed by atoms with Gasteiger partial charge in [-0.2, -0.15) is 0 Å². The van der Waals surface area contributed by atoms with Crippen LogP contribution in [0.5, 0.6) is 0 Å². The lowest BCUT2D eigenvalue weighted by atomic mass is 9.91. The number of nitrogens with zero attached hydrogens (tertiary/aromatic N) is 2. The molecule has 2 aromatic rings. The van der Waals surface area contributed by atoms with E-state index in [1.54, 1.807) is 38.1 Å². The average molecular weight is 747 g/mol. The lowest BCUT2D eigenvalue weighted by Gasteiger charge is -2.39. The van der Waals surface area contributed by atoms with Gasteiger partial charge in [-0.3, -0.25) is 29.0 Å². The number of fused-ring (bicyclic) bond motifs is 1. The number of amides is 5. The molecule has 0 aromatic heterocycles. The SMILES string of the molecule is CC(=O)N[C@H](C(=O)NC(C(=O)N[C@@H](CCCN=C(N)N)C(=O)N1Cc2ccccc2C[C@H]1C(=O)N[C@@H](Cc1ccccc1)C(=O)O)C1CCCC1)C(C)C. The molecule has 1 unspecified atom stereocenters. The number of carboxylic acid groups (broad SMARTS) is 1. The van der Waals surface area contributed by atoms with Crippen LogP contribution < -0.4 is 32.7 Å². The number of carbonyl (C=O) groups excluding carboxylic acids is 5. The standard InChI is InChI=1S/C39H54N8O7/c1-23(2)32(43-24(3)48)35(50)46-33(26-14-7-8-15-26)36(51)44-29(18-11-19-42-39(40)41)37(52)47-22-28-17-10-9-16-27(28)21-31(47)34(49)45-30(38(53)54)20-25-12-5-4-6-13-25/h4-6,9-10,12-13,16-17,23,26,29-33H,7-8,11,14-15,18-22H2,1-3H3,(H,43,48)(H,44,51)(H,45,49)(H,46,50)(H,53,54)(H4,40,41,42)/t29-,30-,31-,32-,33?/m0/s1. The van der Waals surface area contributed by atoms with E-state index in [0.717, 1.165) is 29.5 Å². The molecule has 0 saturated heterocycles. The largest absolute Gasteiger partial charge is 0.480 e. The molecule has 2 aliphatic rings. The minimum absolute atomic E-state index is 0.0382. The van der Waals surface area contributed by atoms with Crippen LogP contribution in [0.4, 0.5) is 0 Å².